The molecule has 4 N–H and O–H groups in total. The Hall–Kier alpha value is -2.42. The minimum Gasteiger partial charge on any atom is -0.426 e. The van der Waals surface area contributed by atoms with Gasteiger partial charge in [-0.2, -0.15) is 0 Å². The van der Waals surface area contributed by atoms with Gasteiger partial charge in [0, 0.05) is 29.9 Å². The second kappa shape index (κ2) is 9.39. The number of anilines is 1. The van der Waals surface area contributed by atoms with Crippen LogP contribution >= 0.6 is 22.9 Å². The third-order valence-corrected chi connectivity index (χ3v) is 5.65. The maximum Gasteiger partial charge on any atom is 0.279 e. The van der Waals surface area contributed by atoms with E-state index >= 15 is 4.39 Å². The van der Waals surface area contributed by atoms with Gasteiger partial charge in [-0.05, 0) is 37.6 Å². The van der Waals surface area contributed by atoms with Crippen molar-refractivity contribution in [3.05, 3.63) is 46.7 Å². The molecule has 0 radical (unpaired) electrons. The minimum atomic E-state index is -0.536. The molecule has 1 aromatic heterocycles. The number of rotatable bonds is 9. The zero-order chi connectivity index (χ0) is 21.0. The lowest BCUT2D eigenvalue weighted by Crippen LogP contribution is -2.38. The molecule has 0 aliphatic carbocycles. The average Bonchev–Trinajstić information content (AvgIpc) is 3.09. The number of amides is 1. The van der Waals surface area contributed by atoms with Gasteiger partial charge >= 0.3 is 0 Å². The van der Waals surface area contributed by atoms with Crippen molar-refractivity contribution in [2.75, 3.05) is 12.3 Å². The number of carbonyl (C=O) groups is 1. The number of hydrogen-bond acceptors (Lipinski definition) is 6. The van der Waals surface area contributed by atoms with E-state index in [-0.39, 0.29) is 28.0 Å². The number of carbonyl (C=O) groups excluding carboxylic acids is 1. The van der Waals surface area contributed by atoms with Crippen molar-refractivity contribution in [3.63, 3.8) is 0 Å². The van der Waals surface area contributed by atoms with Crippen molar-refractivity contribution >= 4 is 45.3 Å². The van der Waals surface area contributed by atoms with Gasteiger partial charge in [0.05, 0.1) is 15.2 Å². The molecule has 29 heavy (non-hydrogen) atoms. The monoisotopic (exact) mass is 436 g/mol. The first-order valence-corrected chi connectivity index (χ1v) is 10.4. The Kier molecular flexibility index (Phi) is 6.89. The third-order valence-electron chi connectivity index (χ3n) is 4.44. The van der Waals surface area contributed by atoms with E-state index in [1.807, 2.05) is 19.9 Å². The van der Waals surface area contributed by atoms with Crippen LogP contribution in [0.3, 0.4) is 0 Å². The summed E-state index contributed by atoms with van der Waals surface area (Å²) in [5.41, 5.74) is 7.50. The number of nitrogens with zero attached hydrogens (tertiary/aromatic N) is 1. The van der Waals surface area contributed by atoms with E-state index in [9.17, 15) is 4.79 Å². The maximum absolute atomic E-state index is 15.3. The molecule has 2 atom stereocenters. The Morgan fingerprint density at radius 2 is 2.17 bits per heavy atom. The number of thiazole rings is 1. The average molecular weight is 437 g/mol. The van der Waals surface area contributed by atoms with Crippen LogP contribution in [-0.4, -0.2) is 24.0 Å². The first-order valence-electron chi connectivity index (χ1n) is 9.17. The molecule has 154 valence electrons. The van der Waals surface area contributed by atoms with Crippen LogP contribution in [0.2, 0.25) is 5.02 Å². The van der Waals surface area contributed by atoms with Gasteiger partial charge in [-0.3, -0.25) is 4.79 Å². The lowest BCUT2D eigenvalue weighted by atomic mass is 10.0. The fourth-order valence-corrected chi connectivity index (χ4v) is 4.01. The standard InChI is InChI=1S/C20H22ClFN4O2S/c1-3-15(25-11(2)9-24-10-27)13-5-6-14(21)19(18(13)22)28-20-26-16-8-12(23)4-7-17(16)29-20/h4-8,10-11,15,25H,3,9,23H2,1-2H3,(H,24,27)/t11?,15-/m1/s1. The topological polar surface area (TPSA) is 89.3 Å². The first kappa shape index (κ1) is 21.3. The zero-order valence-electron chi connectivity index (χ0n) is 16.0. The van der Waals surface area contributed by atoms with E-state index in [1.54, 1.807) is 24.3 Å². The van der Waals surface area contributed by atoms with Crippen LogP contribution in [0.4, 0.5) is 10.1 Å². The quantitative estimate of drug-likeness (QED) is 0.336. The molecule has 1 unspecified atom stereocenters. The van der Waals surface area contributed by atoms with Crippen molar-refractivity contribution < 1.29 is 13.9 Å². The minimum absolute atomic E-state index is 0.0423. The van der Waals surface area contributed by atoms with Gasteiger partial charge in [0.15, 0.2) is 11.6 Å². The highest BCUT2D eigenvalue weighted by molar-refractivity contribution is 7.20. The lowest BCUT2D eigenvalue weighted by Gasteiger charge is -2.23. The van der Waals surface area contributed by atoms with Crippen molar-refractivity contribution in [1.29, 1.82) is 0 Å². The molecule has 1 amide bonds. The molecule has 6 nitrogen and oxygen atoms in total. The fraction of sp³-hybridized carbons (Fsp3) is 0.300. The van der Waals surface area contributed by atoms with Crippen LogP contribution in [-0.2, 0) is 4.79 Å². The second-order valence-corrected chi connectivity index (χ2v) is 8.04. The predicted octanol–water partition coefficient (Wildman–Crippen LogP) is 4.64. The second-order valence-electron chi connectivity index (χ2n) is 6.64. The summed E-state index contributed by atoms with van der Waals surface area (Å²) < 4.78 is 21.9. The molecule has 0 fully saturated rings. The molecule has 9 heteroatoms. The Morgan fingerprint density at radius 1 is 1.38 bits per heavy atom. The molecule has 0 saturated carbocycles. The first-order chi connectivity index (χ1) is 13.9. The van der Waals surface area contributed by atoms with Gasteiger partial charge in [0.1, 0.15) is 0 Å². The Morgan fingerprint density at radius 3 is 2.90 bits per heavy atom. The Balaban J connectivity index is 1.87. The molecular formula is C20H22ClFN4O2S. The Bertz CT molecular complexity index is 1010. The van der Waals surface area contributed by atoms with Crippen LogP contribution in [0.1, 0.15) is 31.9 Å². The van der Waals surface area contributed by atoms with Crippen LogP contribution in [0.15, 0.2) is 30.3 Å². The number of benzene rings is 2. The van der Waals surface area contributed by atoms with Crippen molar-refractivity contribution in [2.24, 2.45) is 0 Å². The van der Waals surface area contributed by atoms with E-state index in [0.29, 0.717) is 36.1 Å². The Labute approximate surface area is 177 Å². The van der Waals surface area contributed by atoms with Gasteiger partial charge in [0.2, 0.25) is 6.41 Å². The molecule has 0 aliphatic rings. The number of nitrogen functional groups attached to an aromatic ring is 1. The number of aromatic nitrogens is 1. The molecule has 0 spiro atoms. The number of ether oxygens (including phenoxy) is 1. The number of halogens is 2. The van der Waals surface area contributed by atoms with Crippen molar-refractivity contribution in [1.82, 2.24) is 15.6 Å². The van der Waals surface area contributed by atoms with E-state index in [4.69, 9.17) is 22.1 Å². The van der Waals surface area contributed by atoms with Gasteiger partial charge in [-0.1, -0.05) is 35.9 Å². The summed E-state index contributed by atoms with van der Waals surface area (Å²) in [6, 6.07) is 8.29. The van der Waals surface area contributed by atoms with Gasteiger partial charge in [-0.15, -0.1) is 0 Å². The lowest BCUT2D eigenvalue weighted by molar-refractivity contribution is -0.109. The zero-order valence-corrected chi connectivity index (χ0v) is 17.6. The SMILES string of the molecule is CC[C@@H](NC(C)CNC=O)c1ccc(Cl)c(Oc2nc3cc(N)ccc3s2)c1F. The highest BCUT2D eigenvalue weighted by atomic mass is 35.5. The summed E-state index contributed by atoms with van der Waals surface area (Å²) in [7, 11) is 0. The summed E-state index contributed by atoms with van der Waals surface area (Å²) in [6.07, 6.45) is 1.28. The van der Waals surface area contributed by atoms with Crippen LogP contribution in [0.25, 0.3) is 10.2 Å². The highest BCUT2D eigenvalue weighted by Crippen LogP contribution is 2.39. The van der Waals surface area contributed by atoms with E-state index in [0.717, 1.165) is 4.70 Å². The molecular weight excluding hydrogens is 415 g/mol. The molecule has 0 aliphatic heterocycles. The number of nitrogens with two attached hydrogens (primary N) is 1. The van der Waals surface area contributed by atoms with Gasteiger partial charge < -0.3 is 21.1 Å². The smallest absolute Gasteiger partial charge is 0.279 e. The van der Waals surface area contributed by atoms with Gasteiger partial charge in [-0.25, -0.2) is 9.37 Å². The van der Waals surface area contributed by atoms with Crippen LogP contribution in [0, 0.1) is 5.82 Å². The molecule has 0 bridgehead atoms. The molecule has 3 aromatic rings. The molecule has 0 saturated heterocycles. The van der Waals surface area contributed by atoms with Crippen molar-refractivity contribution in [3.8, 4) is 10.9 Å². The summed E-state index contributed by atoms with van der Waals surface area (Å²) in [5.74, 6) is -0.596. The fourth-order valence-electron chi connectivity index (χ4n) is 3.02. The predicted molar refractivity (Wildman–Crippen MR) is 115 cm³/mol. The largest absolute Gasteiger partial charge is 0.426 e. The van der Waals surface area contributed by atoms with Gasteiger partial charge in [0.25, 0.3) is 5.19 Å². The third kappa shape index (κ3) is 4.95. The van der Waals surface area contributed by atoms with E-state index in [1.165, 1.54) is 11.3 Å². The molecule has 3 rings (SSSR count). The van der Waals surface area contributed by atoms with Crippen LogP contribution in [0.5, 0.6) is 10.9 Å². The number of nitrogens with one attached hydrogen (secondary N) is 2. The summed E-state index contributed by atoms with van der Waals surface area (Å²) >= 11 is 7.51. The van der Waals surface area contributed by atoms with Crippen LogP contribution < -0.4 is 21.1 Å². The maximum atomic E-state index is 15.3. The highest BCUT2D eigenvalue weighted by Gasteiger charge is 2.22. The number of hydrogen-bond donors (Lipinski definition) is 3. The molecule has 2 aromatic carbocycles. The van der Waals surface area contributed by atoms with E-state index < -0.39 is 5.82 Å². The normalized spacial score (nSPS) is 13.2. The van der Waals surface area contributed by atoms with E-state index in [2.05, 4.69) is 15.6 Å². The molecule has 1 heterocycles. The summed E-state index contributed by atoms with van der Waals surface area (Å²) in [4.78, 5) is 14.8. The number of fused-ring (bicyclic) bond motifs is 1. The summed E-state index contributed by atoms with van der Waals surface area (Å²) in [6.45, 7) is 4.30. The summed E-state index contributed by atoms with van der Waals surface area (Å²) in [5, 5.41) is 6.37. The van der Waals surface area contributed by atoms with Crippen molar-refractivity contribution in [2.45, 2.75) is 32.4 Å².